The number of amides is 1. The highest BCUT2D eigenvalue weighted by Gasteiger charge is 2.35. The smallest absolute Gasteiger partial charge is 0.410 e. The molecule has 0 saturated carbocycles. The standard InChI is InChI=1S/C14H19NO4/c16-11-14(18)7-4-8-15(10-14)13(17)19-9-12-5-2-1-3-6-12/h1-3,5-6,16,18H,4,7-11H2/t14-/m1/s1. The Balaban J connectivity index is 1.86. The number of aliphatic hydroxyl groups excluding tert-OH is 1. The van der Waals surface area contributed by atoms with Crippen molar-refractivity contribution in [2.24, 2.45) is 0 Å². The van der Waals surface area contributed by atoms with Gasteiger partial charge in [-0.05, 0) is 18.4 Å². The summed E-state index contributed by atoms with van der Waals surface area (Å²) in [4.78, 5) is 13.3. The summed E-state index contributed by atoms with van der Waals surface area (Å²) in [5.41, 5.74) is -0.269. The molecule has 5 nitrogen and oxygen atoms in total. The topological polar surface area (TPSA) is 70.0 Å². The fourth-order valence-corrected chi connectivity index (χ4v) is 2.21. The second-order valence-electron chi connectivity index (χ2n) is 4.95. The molecule has 0 aromatic heterocycles. The maximum atomic E-state index is 11.9. The van der Waals surface area contributed by atoms with Crippen LogP contribution < -0.4 is 0 Å². The molecule has 0 radical (unpaired) electrons. The summed E-state index contributed by atoms with van der Waals surface area (Å²) in [5.74, 6) is 0. The monoisotopic (exact) mass is 265 g/mol. The lowest BCUT2D eigenvalue weighted by Crippen LogP contribution is -2.52. The highest BCUT2D eigenvalue weighted by molar-refractivity contribution is 5.67. The molecule has 1 aliphatic rings. The summed E-state index contributed by atoms with van der Waals surface area (Å²) in [6.07, 6.45) is 0.721. The molecule has 104 valence electrons. The third kappa shape index (κ3) is 3.68. The molecule has 1 amide bonds. The van der Waals surface area contributed by atoms with E-state index in [1.165, 1.54) is 4.90 Å². The second-order valence-corrected chi connectivity index (χ2v) is 4.95. The number of likely N-dealkylation sites (tertiary alicyclic amines) is 1. The first-order chi connectivity index (χ1) is 9.13. The molecule has 0 unspecified atom stereocenters. The van der Waals surface area contributed by atoms with Gasteiger partial charge in [0.15, 0.2) is 0 Å². The number of nitrogens with zero attached hydrogens (tertiary/aromatic N) is 1. The lowest BCUT2D eigenvalue weighted by atomic mass is 9.94. The highest BCUT2D eigenvalue weighted by Crippen LogP contribution is 2.21. The average Bonchev–Trinajstić information content (AvgIpc) is 2.46. The van der Waals surface area contributed by atoms with Crippen LogP contribution in [0.5, 0.6) is 0 Å². The van der Waals surface area contributed by atoms with Crippen molar-refractivity contribution in [2.75, 3.05) is 19.7 Å². The minimum atomic E-state index is -1.19. The van der Waals surface area contributed by atoms with Gasteiger partial charge in [0.25, 0.3) is 0 Å². The molecule has 0 spiro atoms. The normalized spacial score (nSPS) is 23.2. The van der Waals surface area contributed by atoms with Crippen molar-refractivity contribution in [3.8, 4) is 0 Å². The lowest BCUT2D eigenvalue weighted by Gasteiger charge is -2.37. The van der Waals surface area contributed by atoms with Crippen molar-refractivity contribution in [3.05, 3.63) is 35.9 Å². The Morgan fingerprint density at radius 1 is 1.37 bits per heavy atom. The van der Waals surface area contributed by atoms with Crippen molar-refractivity contribution in [1.82, 2.24) is 4.90 Å². The van der Waals surface area contributed by atoms with Gasteiger partial charge in [-0.15, -0.1) is 0 Å². The van der Waals surface area contributed by atoms with Gasteiger partial charge in [-0.2, -0.15) is 0 Å². The van der Waals surface area contributed by atoms with E-state index in [-0.39, 0.29) is 19.8 Å². The number of hydrogen-bond acceptors (Lipinski definition) is 4. The first-order valence-electron chi connectivity index (χ1n) is 6.42. The van der Waals surface area contributed by atoms with Crippen LogP contribution >= 0.6 is 0 Å². The van der Waals surface area contributed by atoms with Crippen LogP contribution in [-0.2, 0) is 11.3 Å². The first kappa shape index (κ1) is 13.8. The highest BCUT2D eigenvalue weighted by atomic mass is 16.6. The largest absolute Gasteiger partial charge is 0.445 e. The summed E-state index contributed by atoms with van der Waals surface area (Å²) in [7, 11) is 0. The van der Waals surface area contributed by atoms with Gasteiger partial charge in [0, 0.05) is 6.54 Å². The summed E-state index contributed by atoms with van der Waals surface area (Å²) in [5, 5.41) is 19.1. The molecule has 2 rings (SSSR count). The van der Waals surface area contributed by atoms with E-state index in [0.29, 0.717) is 19.4 Å². The fraction of sp³-hybridized carbons (Fsp3) is 0.500. The predicted octanol–water partition coefficient (Wildman–Crippen LogP) is 1.14. The average molecular weight is 265 g/mol. The van der Waals surface area contributed by atoms with Crippen LogP contribution in [0.15, 0.2) is 30.3 Å². The third-order valence-corrected chi connectivity index (χ3v) is 3.31. The molecule has 0 aliphatic carbocycles. The second kappa shape index (κ2) is 6.04. The fourth-order valence-electron chi connectivity index (χ4n) is 2.21. The number of piperidine rings is 1. The Hall–Kier alpha value is -1.59. The number of β-amino-alcohol motifs (C(OH)–C–C–N with tert-alkyl or cyclic N) is 1. The SMILES string of the molecule is O=C(OCc1ccccc1)N1CCC[C@](O)(CO)C1. The third-order valence-electron chi connectivity index (χ3n) is 3.31. The van der Waals surface area contributed by atoms with Crippen LogP contribution in [0.1, 0.15) is 18.4 Å². The number of benzene rings is 1. The van der Waals surface area contributed by atoms with Gasteiger partial charge in [-0.25, -0.2) is 4.79 Å². The summed E-state index contributed by atoms with van der Waals surface area (Å²) >= 11 is 0. The van der Waals surface area contributed by atoms with Crippen molar-refractivity contribution < 1.29 is 19.7 Å². The molecule has 1 aliphatic heterocycles. The molecule has 1 fully saturated rings. The Morgan fingerprint density at radius 2 is 2.11 bits per heavy atom. The van der Waals surface area contributed by atoms with Crippen molar-refractivity contribution in [3.63, 3.8) is 0 Å². The van der Waals surface area contributed by atoms with Gasteiger partial charge in [0.1, 0.15) is 12.2 Å². The first-order valence-corrected chi connectivity index (χ1v) is 6.42. The number of carbonyl (C=O) groups excluding carboxylic acids is 1. The zero-order chi connectivity index (χ0) is 13.7. The zero-order valence-electron chi connectivity index (χ0n) is 10.8. The minimum absolute atomic E-state index is 0.122. The molecule has 0 bridgehead atoms. The molecular weight excluding hydrogens is 246 g/mol. The Morgan fingerprint density at radius 3 is 2.79 bits per heavy atom. The van der Waals surface area contributed by atoms with Gasteiger partial charge in [0.05, 0.1) is 13.2 Å². The van der Waals surface area contributed by atoms with Gasteiger partial charge < -0.3 is 19.8 Å². The predicted molar refractivity (Wildman–Crippen MR) is 69.5 cm³/mol. The Bertz CT molecular complexity index is 423. The number of rotatable bonds is 3. The van der Waals surface area contributed by atoms with Crippen LogP contribution in [-0.4, -0.2) is 46.5 Å². The zero-order valence-corrected chi connectivity index (χ0v) is 10.8. The van der Waals surface area contributed by atoms with E-state index in [4.69, 9.17) is 9.84 Å². The van der Waals surface area contributed by atoms with Gasteiger partial charge >= 0.3 is 6.09 Å². The molecule has 1 heterocycles. The van der Waals surface area contributed by atoms with E-state index in [1.807, 2.05) is 30.3 Å². The maximum Gasteiger partial charge on any atom is 0.410 e. The minimum Gasteiger partial charge on any atom is -0.445 e. The van der Waals surface area contributed by atoms with Gasteiger partial charge in [0.2, 0.25) is 0 Å². The van der Waals surface area contributed by atoms with Crippen LogP contribution in [0.3, 0.4) is 0 Å². The van der Waals surface area contributed by atoms with E-state index < -0.39 is 11.7 Å². The Kier molecular flexibility index (Phi) is 4.39. The Labute approximate surface area is 112 Å². The summed E-state index contributed by atoms with van der Waals surface area (Å²) < 4.78 is 5.20. The number of carbonyl (C=O) groups is 1. The summed E-state index contributed by atoms with van der Waals surface area (Å²) in [6, 6.07) is 9.43. The van der Waals surface area contributed by atoms with Crippen molar-refractivity contribution in [2.45, 2.75) is 25.0 Å². The molecule has 19 heavy (non-hydrogen) atoms. The molecular formula is C14H19NO4. The van der Waals surface area contributed by atoms with Crippen LogP contribution in [0.2, 0.25) is 0 Å². The van der Waals surface area contributed by atoms with E-state index in [0.717, 1.165) is 5.56 Å². The van der Waals surface area contributed by atoms with Crippen molar-refractivity contribution >= 4 is 6.09 Å². The van der Waals surface area contributed by atoms with E-state index >= 15 is 0 Å². The van der Waals surface area contributed by atoms with Crippen LogP contribution in [0.4, 0.5) is 4.79 Å². The lowest BCUT2D eigenvalue weighted by molar-refractivity contribution is -0.0641. The number of aliphatic hydroxyl groups is 2. The number of ether oxygens (including phenoxy) is 1. The van der Waals surface area contributed by atoms with Crippen molar-refractivity contribution in [1.29, 1.82) is 0 Å². The summed E-state index contributed by atoms with van der Waals surface area (Å²) in [6.45, 7) is 0.552. The number of hydrogen-bond donors (Lipinski definition) is 2. The van der Waals surface area contributed by atoms with E-state index in [1.54, 1.807) is 0 Å². The molecule has 1 aromatic rings. The molecule has 1 saturated heterocycles. The van der Waals surface area contributed by atoms with Gasteiger partial charge in [-0.3, -0.25) is 0 Å². The molecule has 1 atom stereocenters. The molecule has 1 aromatic carbocycles. The van der Waals surface area contributed by atoms with Crippen LogP contribution in [0, 0.1) is 0 Å². The maximum absolute atomic E-state index is 11.9. The molecule has 5 heteroatoms. The quantitative estimate of drug-likeness (QED) is 0.860. The van der Waals surface area contributed by atoms with Crippen LogP contribution in [0.25, 0.3) is 0 Å². The molecule has 2 N–H and O–H groups in total. The van der Waals surface area contributed by atoms with E-state index in [2.05, 4.69) is 0 Å². The van der Waals surface area contributed by atoms with Gasteiger partial charge in [-0.1, -0.05) is 30.3 Å². The van der Waals surface area contributed by atoms with E-state index in [9.17, 15) is 9.90 Å².